The van der Waals surface area contributed by atoms with Crippen molar-refractivity contribution in [2.45, 2.75) is 52.1 Å². The van der Waals surface area contributed by atoms with Crippen LogP contribution in [0.3, 0.4) is 0 Å². The number of carbonyl (C=O) groups excluding carboxylic acids is 2. The Labute approximate surface area is 115 Å². The van der Waals surface area contributed by atoms with Crippen LogP contribution in [0, 0.1) is 11.8 Å². The average molecular weight is 270 g/mol. The Morgan fingerprint density at radius 1 is 1.21 bits per heavy atom. The van der Waals surface area contributed by atoms with E-state index in [1.807, 2.05) is 0 Å². The molecule has 0 saturated heterocycles. The van der Waals surface area contributed by atoms with Gasteiger partial charge in [-0.2, -0.15) is 0 Å². The molecule has 2 unspecified atom stereocenters. The summed E-state index contributed by atoms with van der Waals surface area (Å²) < 4.78 is 0. The monoisotopic (exact) mass is 270 g/mol. The summed E-state index contributed by atoms with van der Waals surface area (Å²) in [5.74, 6) is 0.394. The summed E-state index contributed by atoms with van der Waals surface area (Å²) in [5, 5.41) is 15.0. The van der Waals surface area contributed by atoms with Gasteiger partial charge in [0.25, 0.3) is 0 Å². The predicted octanol–water partition coefficient (Wildman–Crippen LogP) is 0.816. The van der Waals surface area contributed by atoms with E-state index in [0.29, 0.717) is 18.9 Å². The first-order valence-electron chi connectivity index (χ1n) is 7.20. The number of hydrogen-bond acceptors (Lipinski definition) is 3. The highest BCUT2D eigenvalue weighted by Gasteiger charge is 2.25. The van der Waals surface area contributed by atoms with Crippen molar-refractivity contribution in [3.63, 3.8) is 0 Å². The molecule has 1 rings (SSSR count). The maximum atomic E-state index is 11.5. The van der Waals surface area contributed by atoms with E-state index in [4.69, 9.17) is 0 Å². The normalized spacial score (nSPS) is 22.5. The van der Waals surface area contributed by atoms with Crippen LogP contribution < -0.4 is 10.6 Å². The summed E-state index contributed by atoms with van der Waals surface area (Å²) >= 11 is 0. The van der Waals surface area contributed by atoms with Gasteiger partial charge in [0.1, 0.15) is 0 Å². The van der Waals surface area contributed by atoms with Crippen LogP contribution in [0.15, 0.2) is 0 Å². The third-order valence-electron chi connectivity index (χ3n) is 3.58. The Morgan fingerprint density at radius 2 is 1.95 bits per heavy atom. The van der Waals surface area contributed by atoms with Crippen LogP contribution in [0.4, 0.5) is 0 Å². The number of nitrogens with one attached hydrogen (secondary N) is 2. The highest BCUT2D eigenvalue weighted by Crippen LogP contribution is 2.24. The van der Waals surface area contributed by atoms with E-state index in [2.05, 4.69) is 24.5 Å². The van der Waals surface area contributed by atoms with Crippen molar-refractivity contribution in [3.05, 3.63) is 0 Å². The smallest absolute Gasteiger partial charge is 0.239 e. The lowest BCUT2D eigenvalue weighted by molar-refractivity contribution is -0.126. The van der Waals surface area contributed by atoms with E-state index < -0.39 is 0 Å². The molecule has 2 atom stereocenters. The van der Waals surface area contributed by atoms with Crippen molar-refractivity contribution >= 4 is 11.8 Å². The van der Waals surface area contributed by atoms with E-state index in [1.165, 1.54) is 0 Å². The van der Waals surface area contributed by atoms with Gasteiger partial charge in [0, 0.05) is 18.9 Å². The number of aliphatic hydroxyl groups excluding tert-OH is 1. The van der Waals surface area contributed by atoms with Gasteiger partial charge in [-0.25, -0.2) is 0 Å². The molecule has 0 aliphatic heterocycles. The Bertz CT molecular complexity index is 305. The van der Waals surface area contributed by atoms with Crippen molar-refractivity contribution in [2.75, 3.05) is 13.1 Å². The third-order valence-corrected chi connectivity index (χ3v) is 3.58. The highest BCUT2D eigenvalue weighted by molar-refractivity contribution is 5.84. The molecular weight excluding hydrogens is 244 g/mol. The zero-order valence-electron chi connectivity index (χ0n) is 11.9. The summed E-state index contributed by atoms with van der Waals surface area (Å²) in [4.78, 5) is 23.0. The van der Waals surface area contributed by atoms with Gasteiger partial charge in [0.05, 0.1) is 12.6 Å². The van der Waals surface area contributed by atoms with Gasteiger partial charge in [-0.3, -0.25) is 9.59 Å². The molecule has 0 spiro atoms. The SMILES string of the molecule is CC(C)CCC(=O)NCC(=O)NCC1CCCC1O. The van der Waals surface area contributed by atoms with Crippen molar-refractivity contribution in [1.29, 1.82) is 0 Å². The van der Waals surface area contributed by atoms with Crippen LogP contribution >= 0.6 is 0 Å². The van der Waals surface area contributed by atoms with Crippen LogP contribution in [0.1, 0.15) is 46.0 Å². The van der Waals surface area contributed by atoms with Gasteiger partial charge in [-0.1, -0.05) is 20.3 Å². The second-order valence-corrected chi connectivity index (χ2v) is 5.77. The summed E-state index contributed by atoms with van der Waals surface area (Å²) in [6.07, 6.45) is 3.82. The number of amides is 2. The van der Waals surface area contributed by atoms with Gasteiger partial charge < -0.3 is 15.7 Å². The lowest BCUT2D eigenvalue weighted by Crippen LogP contribution is -2.40. The van der Waals surface area contributed by atoms with Crippen molar-refractivity contribution < 1.29 is 14.7 Å². The molecule has 1 aliphatic rings. The largest absolute Gasteiger partial charge is 0.393 e. The molecule has 110 valence electrons. The van der Waals surface area contributed by atoms with Crippen LogP contribution in [0.25, 0.3) is 0 Å². The zero-order chi connectivity index (χ0) is 14.3. The van der Waals surface area contributed by atoms with E-state index in [9.17, 15) is 14.7 Å². The predicted molar refractivity (Wildman–Crippen MR) is 73.4 cm³/mol. The number of carbonyl (C=O) groups is 2. The zero-order valence-corrected chi connectivity index (χ0v) is 11.9. The fourth-order valence-electron chi connectivity index (χ4n) is 2.25. The second-order valence-electron chi connectivity index (χ2n) is 5.77. The highest BCUT2D eigenvalue weighted by atomic mass is 16.3. The number of rotatable bonds is 7. The quantitative estimate of drug-likeness (QED) is 0.641. The fourth-order valence-corrected chi connectivity index (χ4v) is 2.25. The first-order valence-corrected chi connectivity index (χ1v) is 7.20. The Balaban J connectivity index is 2.09. The molecular formula is C14H26N2O3. The first-order chi connectivity index (χ1) is 8.99. The number of aliphatic hydroxyl groups is 1. The molecule has 1 aliphatic carbocycles. The molecule has 0 aromatic heterocycles. The van der Waals surface area contributed by atoms with Crippen molar-refractivity contribution in [1.82, 2.24) is 10.6 Å². The molecule has 19 heavy (non-hydrogen) atoms. The third kappa shape index (κ3) is 6.57. The standard InChI is InChI=1S/C14H26N2O3/c1-10(2)6-7-13(18)16-9-14(19)15-8-11-4-3-5-12(11)17/h10-12,17H,3-9H2,1-2H3,(H,15,19)(H,16,18). The van der Waals surface area contributed by atoms with Gasteiger partial charge in [-0.05, 0) is 25.2 Å². The molecule has 0 bridgehead atoms. The Morgan fingerprint density at radius 3 is 2.53 bits per heavy atom. The van der Waals surface area contributed by atoms with E-state index in [-0.39, 0.29) is 30.4 Å². The summed E-state index contributed by atoms with van der Waals surface area (Å²) in [5.41, 5.74) is 0. The second kappa shape index (κ2) is 8.15. The van der Waals surface area contributed by atoms with E-state index >= 15 is 0 Å². The summed E-state index contributed by atoms with van der Waals surface area (Å²) in [6.45, 7) is 4.65. The van der Waals surface area contributed by atoms with Gasteiger partial charge in [0.2, 0.25) is 11.8 Å². The van der Waals surface area contributed by atoms with Crippen molar-refractivity contribution in [2.24, 2.45) is 11.8 Å². The van der Waals surface area contributed by atoms with Gasteiger partial charge in [0.15, 0.2) is 0 Å². The minimum Gasteiger partial charge on any atom is -0.393 e. The topological polar surface area (TPSA) is 78.4 Å². The molecule has 0 radical (unpaired) electrons. The Hall–Kier alpha value is -1.10. The maximum Gasteiger partial charge on any atom is 0.239 e. The molecule has 0 aromatic rings. The fraction of sp³-hybridized carbons (Fsp3) is 0.857. The average Bonchev–Trinajstić information content (AvgIpc) is 2.77. The summed E-state index contributed by atoms with van der Waals surface area (Å²) in [7, 11) is 0. The minimum atomic E-state index is -0.291. The lowest BCUT2D eigenvalue weighted by Gasteiger charge is -2.15. The minimum absolute atomic E-state index is 0.0275. The van der Waals surface area contributed by atoms with E-state index in [0.717, 1.165) is 25.7 Å². The molecule has 3 N–H and O–H groups in total. The molecule has 0 aromatic carbocycles. The Kier molecular flexibility index (Phi) is 6.84. The number of hydrogen-bond donors (Lipinski definition) is 3. The lowest BCUT2D eigenvalue weighted by atomic mass is 10.1. The maximum absolute atomic E-state index is 11.5. The van der Waals surface area contributed by atoms with Gasteiger partial charge >= 0.3 is 0 Å². The van der Waals surface area contributed by atoms with Crippen LogP contribution in [-0.4, -0.2) is 36.1 Å². The van der Waals surface area contributed by atoms with E-state index in [1.54, 1.807) is 0 Å². The molecule has 0 heterocycles. The molecule has 2 amide bonds. The summed E-state index contributed by atoms with van der Waals surface area (Å²) in [6, 6.07) is 0. The van der Waals surface area contributed by atoms with Gasteiger partial charge in [-0.15, -0.1) is 0 Å². The molecule has 1 fully saturated rings. The molecule has 5 heteroatoms. The van der Waals surface area contributed by atoms with Crippen LogP contribution in [-0.2, 0) is 9.59 Å². The van der Waals surface area contributed by atoms with Crippen LogP contribution in [0.5, 0.6) is 0 Å². The molecule has 1 saturated carbocycles. The van der Waals surface area contributed by atoms with Crippen molar-refractivity contribution in [3.8, 4) is 0 Å². The van der Waals surface area contributed by atoms with Crippen LogP contribution in [0.2, 0.25) is 0 Å². The molecule has 5 nitrogen and oxygen atoms in total. The first kappa shape index (κ1) is 16.0.